The minimum atomic E-state index is 0.498. The second-order valence-electron chi connectivity index (χ2n) is 4.70. The first-order chi connectivity index (χ1) is 9.28. The third kappa shape index (κ3) is 3.51. The van der Waals surface area contributed by atoms with E-state index in [9.17, 15) is 0 Å². The van der Waals surface area contributed by atoms with Crippen molar-refractivity contribution in [1.29, 1.82) is 0 Å². The number of thioether (sulfide) groups is 1. The normalized spacial score (nSPS) is 14.7. The van der Waals surface area contributed by atoms with Crippen LogP contribution in [0.5, 0.6) is 0 Å². The average molecular weight is 278 g/mol. The predicted octanol–water partition coefficient (Wildman–Crippen LogP) is 4.09. The summed E-state index contributed by atoms with van der Waals surface area (Å²) in [6.07, 6.45) is 3.48. The van der Waals surface area contributed by atoms with Gasteiger partial charge in [-0.15, -0.1) is 0 Å². The Kier molecular flexibility index (Phi) is 5.28. The summed E-state index contributed by atoms with van der Waals surface area (Å²) in [4.78, 5) is 4.55. The number of nitrogens with zero attached hydrogens (tertiary/aromatic N) is 1. The number of benzene rings is 1. The van der Waals surface area contributed by atoms with Crippen LogP contribution < -0.4 is 5.32 Å². The predicted molar refractivity (Wildman–Crippen MR) is 81.7 cm³/mol. The number of oxazole rings is 1. The molecule has 2 aromatic rings. The van der Waals surface area contributed by atoms with Crippen molar-refractivity contribution in [2.24, 2.45) is 0 Å². The maximum absolute atomic E-state index is 5.80. The zero-order chi connectivity index (χ0) is 13.7. The molecule has 1 heterocycles. The third-order valence-corrected chi connectivity index (χ3v) is 4.69. The van der Waals surface area contributed by atoms with Gasteiger partial charge in [0.15, 0.2) is 5.58 Å². The minimum Gasteiger partial charge on any atom is -0.431 e. The number of hydrogen-bond donors (Lipinski definition) is 1. The molecule has 4 heteroatoms. The van der Waals surface area contributed by atoms with E-state index in [1.807, 2.05) is 31.3 Å². The highest BCUT2D eigenvalue weighted by atomic mass is 32.2. The molecule has 2 unspecified atom stereocenters. The van der Waals surface area contributed by atoms with Gasteiger partial charge in [0.2, 0.25) is 0 Å². The lowest BCUT2D eigenvalue weighted by Crippen LogP contribution is -2.35. The largest absolute Gasteiger partial charge is 0.431 e. The van der Waals surface area contributed by atoms with E-state index >= 15 is 0 Å². The van der Waals surface area contributed by atoms with E-state index in [0.29, 0.717) is 11.3 Å². The van der Waals surface area contributed by atoms with Gasteiger partial charge in [0.1, 0.15) is 5.52 Å². The fourth-order valence-electron chi connectivity index (χ4n) is 2.31. The Labute approximate surface area is 119 Å². The number of para-hydroxylation sites is 2. The maximum Gasteiger partial charge on any atom is 0.257 e. The molecule has 0 amide bonds. The Balaban J connectivity index is 2.12. The summed E-state index contributed by atoms with van der Waals surface area (Å²) in [5.41, 5.74) is 1.81. The quantitative estimate of drug-likeness (QED) is 0.774. The number of fused-ring (bicyclic) bond motifs is 1. The highest BCUT2D eigenvalue weighted by Gasteiger charge is 2.21. The van der Waals surface area contributed by atoms with Crippen molar-refractivity contribution >= 4 is 22.9 Å². The fraction of sp³-hybridized carbons (Fsp3) is 0.533. The van der Waals surface area contributed by atoms with E-state index in [1.165, 1.54) is 12.8 Å². The van der Waals surface area contributed by atoms with Gasteiger partial charge >= 0.3 is 0 Å². The summed E-state index contributed by atoms with van der Waals surface area (Å²) in [6, 6.07) is 8.44. The second kappa shape index (κ2) is 6.96. The molecular weight excluding hydrogens is 256 g/mol. The third-order valence-electron chi connectivity index (χ3n) is 3.35. The van der Waals surface area contributed by atoms with E-state index in [0.717, 1.165) is 22.7 Å². The Hall–Kier alpha value is -1.00. The molecule has 2 rings (SSSR count). The van der Waals surface area contributed by atoms with Crippen molar-refractivity contribution in [2.45, 2.75) is 49.6 Å². The van der Waals surface area contributed by atoms with Crippen LogP contribution in [0.3, 0.4) is 0 Å². The maximum atomic E-state index is 5.80. The molecule has 0 aliphatic heterocycles. The molecule has 0 spiro atoms. The summed E-state index contributed by atoms with van der Waals surface area (Å²) in [6.45, 7) is 4.45. The van der Waals surface area contributed by atoms with Gasteiger partial charge < -0.3 is 9.73 Å². The molecule has 0 aliphatic rings. The van der Waals surface area contributed by atoms with Crippen LogP contribution in [0.4, 0.5) is 0 Å². The summed E-state index contributed by atoms with van der Waals surface area (Å²) in [5.74, 6) is 0. The Morgan fingerprint density at radius 2 is 2.11 bits per heavy atom. The van der Waals surface area contributed by atoms with Gasteiger partial charge in [-0.2, -0.15) is 0 Å². The molecule has 1 N–H and O–H groups in total. The second-order valence-corrected chi connectivity index (χ2v) is 5.89. The molecule has 3 nitrogen and oxygen atoms in total. The fourth-order valence-corrected chi connectivity index (χ4v) is 3.46. The van der Waals surface area contributed by atoms with Crippen molar-refractivity contribution in [1.82, 2.24) is 10.3 Å². The topological polar surface area (TPSA) is 38.1 Å². The van der Waals surface area contributed by atoms with Gasteiger partial charge in [0.25, 0.3) is 5.22 Å². The van der Waals surface area contributed by atoms with Crippen LogP contribution in [-0.4, -0.2) is 23.3 Å². The van der Waals surface area contributed by atoms with Crippen LogP contribution in [0, 0.1) is 0 Å². The van der Waals surface area contributed by atoms with E-state index in [1.54, 1.807) is 11.8 Å². The summed E-state index contributed by atoms with van der Waals surface area (Å²) in [7, 11) is 2.04. The zero-order valence-corrected chi connectivity index (χ0v) is 12.7. The van der Waals surface area contributed by atoms with Crippen LogP contribution in [0.2, 0.25) is 0 Å². The van der Waals surface area contributed by atoms with Crippen LogP contribution >= 0.6 is 11.8 Å². The molecule has 1 aromatic carbocycles. The summed E-state index contributed by atoms with van der Waals surface area (Å²) in [5, 5.41) is 4.70. The molecule has 1 aromatic heterocycles. The minimum absolute atomic E-state index is 0.498. The Morgan fingerprint density at radius 1 is 1.32 bits per heavy atom. The highest BCUT2D eigenvalue weighted by Crippen LogP contribution is 2.30. The van der Waals surface area contributed by atoms with Crippen molar-refractivity contribution < 1.29 is 4.42 Å². The van der Waals surface area contributed by atoms with Gasteiger partial charge in [-0.1, -0.05) is 44.2 Å². The first-order valence-corrected chi connectivity index (χ1v) is 7.86. The lowest BCUT2D eigenvalue weighted by Gasteiger charge is -2.23. The first-order valence-electron chi connectivity index (χ1n) is 6.98. The van der Waals surface area contributed by atoms with Crippen LogP contribution in [0.15, 0.2) is 33.9 Å². The van der Waals surface area contributed by atoms with Gasteiger partial charge in [0, 0.05) is 11.3 Å². The standard InChI is InChI=1S/C15H22N2OS/c1-4-8-12(16-3)14(5-2)19-15-17-11-9-6-7-10-13(11)18-15/h6-7,9-10,12,14,16H,4-5,8H2,1-3H3. The van der Waals surface area contributed by atoms with Crippen molar-refractivity contribution in [2.75, 3.05) is 7.05 Å². The van der Waals surface area contributed by atoms with Crippen LogP contribution in [0.25, 0.3) is 11.1 Å². The molecule has 0 aliphatic carbocycles. The zero-order valence-electron chi connectivity index (χ0n) is 11.8. The number of nitrogens with one attached hydrogen (secondary N) is 1. The molecule has 0 saturated carbocycles. The monoisotopic (exact) mass is 278 g/mol. The van der Waals surface area contributed by atoms with E-state index in [-0.39, 0.29) is 0 Å². The molecule has 0 fully saturated rings. The smallest absolute Gasteiger partial charge is 0.257 e. The van der Waals surface area contributed by atoms with Gasteiger partial charge in [0.05, 0.1) is 0 Å². The summed E-state index contributed by atoms with van der Waals surface area (Å²) >= 11 is 1.75. The lowest BCUT2D eigenvalue weighted by molar-refractivity contribution is 0.468. The number of rotatable bonds is 7. The Bertz CT molecular complexity index is 479. The number of hydrogen-bond acceptors (Lipinski definition) is 4. The highest BCUT2D eigenvalue weighted by molar-refractivity contribution is 7.99. The summed E-state index contributed by atoms with van der Waals surface area (Å²) < 4.78 is 5.80. The Morgan fingerprint density at radius 3 is 2.74 bits per heavy atom. The van der Waals surface area contributed by atoms with E-state index < -0.39 is 0 Å². The molecule has 0 bridgehead atoms. The molecule has 104 valence electrons. The first kappa shape index (κ1) is 14.4. The van der Waals surface area contributed by atoms with Gasteiger partial charge in [-0.3, -0.25) is 0 Å². The molecule has 19 heavy (non-hydrogen) atoms. The van der Waals surface area contributed by atoms with Crippen molar-refractivity contribution in [3.63, 3.8) is 0 Å². The molecule has 0 radical (unpaired) electrons. The molecule has 2 atom stereocenters. The van der Waals surface area contributed by atoms with Crippen LogP contribution in [-0.2, 0) is 0 Å². The average Bonchev–Trinajstić information content (AvgIpc) is 2.85. The van der Waals surface area contributed by atoms with Crippen molar-refractivity contribution in [3.8, 4) is 0 Å². The van der Waals surface area contributed by atoms with E-state index in [2.05, 4.69) is 24.1 Å². The SMILES string of the molecule is CCCC(NC)C(CC)Sc1nc2ccccc2o1. The van der Waals surface area contributed by atoms with Gasteiger partial charge in [-0.05, 0) is 32.0 Å². The van der Waals surface area contributed by atoms with Gasteiger partial charge in [-0.25, -0.2) is 4.98 Å². The molecule has 0 saturated heterocycles. The molecular formula is C15H22N2OS. The van der Waals surface area contributed by atoms with Crippen molar-refractivity contribution in [3.05, 3.63) is 24.3 Å². The van der Waals surface area contributed by atoms with Crippen LogP contribution in [0.1, 0.15) is 33.1 Å². The van der Waals surface area contributed by atoms with E-state index in [4.69, 9.17) is 4.42 Å². The lowest BCUT2D eigenvalue weighted by atomic mass is 10.1. The number of aromatic nitrogens is 1.